The van der Waals surface area contributed by atoms with E-state index in [9.17, 15) is 17.8 Å². The Hall–Kier alpha value is -3.02. The lowest BCUT2D eigenvalue weighted by atomic mass is 9.88. The Labute approximate surface area is 207 Å². The SMILES string of the molecule is CC1(C)C(N)=N[C@](C)(c2nc(CC(=O)c3ccc(OC(F)F)cn3)ccc2F)[C@H]2CCCCN=[S@@]21=O. The number of alkyl halides is 2. The number of aromatic nitrogens is 2. The zero-order valence-electron chi connectivity index (χ0n) is 20.2. The quantitative estimate of drug-likeness (QED) is 0.571. The third-order valence-corrected chi connectivity index (χ3v) is 10.5. The molecule has 0 unspecified atom stereocenters. The number of Topliss-reactive ketones (excluding diaryl/α,β-unsaturated/α-hetero) is 1. The van der Waals surface area contributed by atoms with E-state index in [2.05, 4.69) is 24.1 Å². The number of aliphatic imine (C=N–C) groups is 1. The van der Waals surface area contributed by atoms with Crippen molar-refractivity contribution in [2.45, 2.75) is 68.6 Å². The van der Waals surface area contributed by atoms with Crippen molar-refractivity contribution in [1.82, 2.24) is 9.97 Å². The molecule has 12 heteroatoms. The standard InChI is InChI=1S/C24H28F3N5O3S/c1-23(2)21(28)32-24(3,19-6-4-5-11-30-36(19,23)34)20-16(25)9-7-14(31-20)12-18(33)17-10-8-15(13-29-17)35-22(26)27/h7-10,13,19,22H,4-6,11-12H2,1-3H3,(H2,28,32)/t19-,24+,36-/m1/s1. The van der Waals surface area contributed by atoms with Crippen molar-refractivity contribution < 1.29 is 26.9 Å². The first kappa shape index (κ1) is 26.1. The lowest BCUT2D eigenvalue weighted by Crippen LogP contribution is -2.59. The first-order valence-corrected chi connectivity index (χ1v) is 13.1. The first-order valence-electron chi connectivity index (χ1n) is 11.6. The highest BCUT2D eigenvalue weighted by Gasteiger charge is 2.56. The second kappa shape index (κ2) is 9.45. The highest BCUT2D eigenvalue weighted by Crippen LogP contribution is 2.46. The fraction of sp³-hybridized carbons (Fsp3) is 0.500. The predicted molar refractivity (Wildman–Crippen MR) is 129 cm³/mol. The van der Waals surface area contributed by atoms with Crippen LogP contribution < -0.4 is 10.5 Å². The summed E-state index contributed by atoms with van der Waals surface area (Å²) < 4.78 is 62.1. The number of ether oxygens (including phenoxy) is 1. The molecule has 0 fully saturated rings. The van der Waals surface area contributed by atoms with E-state index >= 15 is 4.39 Å². The van der Waals surface area contributed by atoms with Crippen molar-refractivity contribution in [3.8, 4) is 5.75 Å². The summed E-state index contributed by atoms with van der Waals surface area (Å²) in [5.74, 6) is -1.16. The van der Waals surface area contributed by atoms with Gasteiger partial charge in [0.05, 0.1) is 27.6 Å². The zero-order chi connectivity index (χ0) is 26.3. The van der Waals surface area contributed by atoms with Gasteiger partial charge in [-0.3, -0.25) is 14.8 Å². The molecule has 0 saturated carbocycles. The van der Waals surface area contributed by atoms with Crippen molar-refractivity contribution in [3.05, 3.63) is 53.4 Å². The first-order chi connectivity index (χ1) is 16.9. The zero-order valence-corrected chi connectivity index (χ0v) is 21.0. The number of ketones is 1. The summed E-state index contributed by atoms with van der Waals surface area (Å²) in [5, 5.41) is -0.619. The minimum Gasteiger partial charge on any atom is -0.433 e. The number of fused-ring (bicyclic) bond motifs is 1. The number of carbonyl (C=O) groups excluding carboxylic acids is 1. The highest BCUT2D eigenvalue weighted by molar-refractivity contribution is 7.96. The van der Waals surface area contributed by atoms with Crippen LogP contribution in [0.1, 0.15) is 61.9 Å². The maximum Gasteiger partial charge on any atom is 0.387 e. The van der Waals surface area contributed by atoms with E-state index in [1.807, 2.05) is 0 Å². The summed E-state index contributed by atoms with van der Waals surface area (Å²) in [7, 11) is -2.94. The molecule has 0 aliphatic carbocycles. The third-order valence-electron chi connectivity index (χ3n) is 6.84. The normalized spacial score (nSPS) is 27.4. The Balaban J connectivity index is 1.70. The fourth-order valence-electron chi connectivity index (χ4n) is 4.72. The van der Waals surface area contributed by atoms with Gasteiger partial charge in [-0.15, -0.1) is 0 Å². The van der Waals surface area contributed by atoms with Gasteiger partial charge in [0.2, 0.25) is 0 Å². The van der Waals surface area contributed by atoms with Gasteiger partial charge >= 0.3 is 6.61 Å². The van der Waals surface area contributed by atoms with E-state index in [1.54, 1.807) is 20.8 Å². The van der Waals surface area contributed by atoms with Crippen molar-refractivity contribution in [2.75, 3.05) is 6.54 Å². The lowest BCUT2D eigenvalue weighted by Gasteiger charge is -2.46. The molecule has 0 amide bonds. The highest BCUT2D eigenvalue weighted by atomic mass is 32.2. The van der Waals surface area contributed by atoms with Crippen LogP contribution in [0, 0.1) is 5.82 Å². The Bertz CT molecular complexity index is 1320. The number of hydrogen-bond acceptors (Lipinski definition) is 8. The van der Waals surface area contributed by atoms with Gasteiger partial charge < -0.3 is 10.5 Å². The van der Waals surface area contributed by atoms with Gasteiger partial charge in [-0.05, 0) is 57.9 Å². The van der Waals surface area contributed by atoms with E-state index in [0.717, 1.165) is 19.0 Å². The Morgan fingerprint density at radius 1 is 1.22 bits per heavy atom. The van der Waals surface area contributed by atoms with Gasteiger partial charge in [0.15, 0.2) is 5.78 Å². The minimum atomic E-state index is -3.01. The molecule has 36 heavy (non-hydrogen) atoms. The molecule has 0 saturated heterocycles. The third kappa shape index (κ3) is 4.46. The fourth-order valence-corrected chi connectivity index (χ4v) is 7.95. The van der Waals surface area contributed by atoms with E-state index in [1.165, 1.54) is 24.3 Å². The number of amidine groups is 1. The molecule has 4 rings (SSSR count). The Kier molecular flexibility index (Phi) is 6.84. The molecule has 3 atom stereocenters. The van der Waals surface area contributed by atoms with Crippen LogP contribution in [0.3, 0.4) is 0 Å². The second-order valence-electron chi connectivity index (χ2n) is 9.55. The molecule has 2 aliphatic heterocycles. The average molecular weight is 524 g/mol. The van der Waals surface area contributed by atoms with Crippen molar-refractivity contribution in [3.63, 3.8) is 0 Å². The monoisotopic (exact) mass is 523 g/mol. The molecule has 2 aromatic heterocycles. The molecule has 0 bridgehead atoms. The number of nitrogens with zero attached hydrogens (tertiary/aromatic N) is 4. The molecule has 8 nitrogen and oxygen atoms in total. The van der Waals surface area contributed by atoms with Gasteiger partial charge in [0.25, 0.3) is 0 Å². The summed E-state index contributed by atoms with van der Waals surface area (Å²) in [6.45, 7) is 2.59. The van der Waals surface area contributed by atoms with Gasteiger partial charge in [-0.1, -0.05) is 6.42 Å². The van der Waals surface area contributed by atoms with E-state index in [4.69, 9.17) is 5.73 Å². The largest absolute Gasteiger partial charge is 0.433 e. The Morgan fingerprint density at radius 2 is 1.97 bits per heavy atom. The van der Waals surface area contributed by atoms with Gasteiger partial charge in [-0.25, -0.2) is 17.9 Å². The van der Waals surface area contributed by atoms with Crippen LogP contribution in [0.2, 0.25) is 0 Å². The topological polar surface area (TPSA) is 120 Å². The summed E-state index contributed by atoms with van der Waals surface area (Å²) in [6.07, 6.45) is 2.83. The molecular weight excluding hydrogens is 495 g/mol. The van der Waals surface area contributed by atoms with Crippen LogP contribution in [0.15, 0.2) is 39.8 Å². The minimum absolute atomic E-state index is 0.0165. The molecule has 0 spiro atoms. The number of halogens is 3. The summed E-state index contributed by atoms with van der Waals surface area (Å²) in [6, 6.07) is 5.06. The average Bonchev–Trinajstić information content (AvgIpc) is 3.02. The van der Waals surface area contributed by atoms with Crippen LogP contribution >= 0.6 is 0 Å². The van der Waals surface area contributed by atoms with Gasteiger partial charge in [0.1, 0.15) is 39.1 Å². The molecule has 0 aromatic carbocycles. The van der Waals surface area contributed by atoms with Gasteiger partial charge in [0, 0.05) is 12.2 Å². The van der Waals surface area contributed by atoms with Crippen LogP contribution in [0.25, 0.3) is 0 Å². The maximum absolute atomic E-state index is 15.2. The van der Waals surface area contributed by atoms with E-state index in [-0.39, 0.29) is 35.1 Å². The number of nitrogens with two attached hydrogens (primary N) is 1. The summed E-state index contributed by atoms with van der Waals surface area (Å²) in [5.41, 5.74) is 5.17. The molecule has 194 valence electrons. The lowest BCUT2D eigenvalue weighted by molar-refractivity contribution is -0.0500. The second-order valence-corrected chi connectivity index (χ2v) is 12.5. The predicted octanol–water partition coefficient (Wildman–Crippen LogP) is 4.03. The number of pyridine rings is 2. The molecule has 2 aliphatic rings. The molecule has 0 radical (unpaired) electrons. The van der Waals surface area contributed by atoms with Gasteiger partial charge in [-0.2, -0.15) is 8.78 Å². The summed E-state index contributed by atoms with van der Waals surface area (Å²) in [4.78, 5) is 25.7. The van der Waals surface area contributed by atoms with Crippen LogP contribution in [-0.4, -0.2) is 48.9 Å². The van der Waals surface area contributed by atoms with Crippen LogP contribution in [0.5, 0.6) is 5.75 Å². The molecule has 2 aromatic rings. The number of carbonyl (C=O) groups is 1. The Morgan fingerprint density at radius 3 is 2.64 bits per heavy atom. The van der Waals surface area contributed by atoms with Crippen LogP contribution in [0.4, 0.5) is 13.2 Å². The van der Waals surface area contributed by atoms with Crippen molar-refractivity contribution in [1.29, 1.82) is 0 Å². The number of hydrogen-bond donors (Lipinski definition) is 1. The number of rotatable bonds is 6. The molecule has 4 heterocycles. The molecule has 2 N–H and O–H groups in total. The maximum atomic E-state index is 15.2. The van der Waals surface area contributed by atoms with Crippen LogP contribution in [-0.2, 0) is 21.7 Å². The van der Waals surface area contributed by atoms with E-state index < -0.39 is 43.5 Å². The van der Waals surface area contributed by atoms with Crippen molar-refractivity contribution in [2.24, 2.45) is 15.1 Å². The molecular formula is C24H28F3N5O3S. The van der Waals surface area contributed by atoms with E-state index in [0.29, 0.717) is 13.0 Å². The van der Waals surface area contributed by atoms with Crippen molar-refractivity contribution >= 4 is 21.3 Å². The summed E-state index contributed by atoms with van der Waals surface area (Å²) >= 11 is 0. The smallest absolute Gasteiger partial charge is 0.387 e.